The van der Waals surface area contributed by atoms with Crippen molar-refractivity contribution in [3.05, 3.63) is 77.9 Å². The van der Waals surface area contributed by atoms with Gasteiger partial charge in [0.15, 0.2) is 0 Å². The quantitative estimate of drug-likeness (QED) is 0.486. The van der Waals surface area contributed by atoms with Crippen molar-refractivity contribution in [1.82, 2.24) is 9.55 Å². The zero-order chi connectivity index (χ0) is 23.4. The molecule has 2 aromatic carbocycles. The van der Waals surface area contributed by atoms with Crippen LogP contribution in [0.3, 0.4) is 0 Å². The summed E-state index contributed by atoms with van der Waals surface area (Å²) in [6.45, 7) is 3.61. The summed E-state index contributed by atoms with van der Waals surface area (Å²) >= 11 is 0. The highest BCUT2D eigenvalue weighted by molar-refractivity contribution is 5.64. The molecule has 1 fully saturated rings. The van der Waals surface area contributed by atoms with Gasteiger partial charge in [0.2, 0.25) is 0 Å². The van der Waals surface area contributed by atoms with Gasteiger partial charge in [0, 0.05) is 31.0 Å². The standard InChI is InChI=1S/C28H32N2O3/c1-20(32)27-29-16-17-30(27)26(14-18-31)12-5-21-3-6-22(7-4-21)23-8-10-24(11-9-23)25-13-15-28(2,33)19-25/h3-4,6-11,16-17,20,25-26,31-33H,13-15,18-19H2,1-2H3/t20-,25-,26-,28+/m0/s1. The van der Waals surface area contributed by atoms with Crippen LogP contribution < -0.4 is 0 Å². The molecule has 1 heterocycles. The molecule has 1 aliphatic rings. The van der Waals surface area contributed by atoms with E-state index in [9.17, 15) is 15.3 Å². The van der Waals surface area contributed by atoms with Crippen LogP contribution in [-0.4, -0.2) is 37.1 Å². The summed E-state index contributed by atoms with van der Waals surface area (Å²) in [5, 5.41) is 29.6. The van der Waals surface area contributed by atoms with Crippen molar-refractivity contribution in [3.63, 3.8) is 0 Å². The van der Waals surface area contributed by atoms with Crippen LogP contribution in [0.1, 0.15) is 74.5 Å². The predicted octanol–water partition coefficient (Wildman–Crippen LogP) is 4.60. The second kappa shape index (κ2) is 9.93. The molecule has 0 amide bonds. The highest BCUT2D eigenvalue weighted by atomic mass is 16.3. The molecule has 4 atom stereocenters. The van der Waals surface area contributed by atoms with Gasteiger partial charge in [0.05, 0.1) is 11.6 Å². The van der Waals surface area contributed by atoms with Gasteiger partial charge in [-0.05, 0) is 67.9 Å². The first-order valence-corrected chi connectivity index (χ1v) is 11.6. The van der Waals surface area contributed by atoms with E-state index in [4.69, 9.17) is 0 Å². The predicted molar refractivity (Wildman–Crippen MR) is 130 cm³/mol. The van der Waals surface area contributed by atoms with Crippen molar-refractivity contribution in [2.75, 3.05) is 6.61 Å². The SMILES string of the molecule is C[C@H](O)c1nccn1[C@@H](C#Cc1ccc(-c2ccc([C@H]3CC[C@@](C)(O)C3)cc2)cc1)CCO. The number of aliphatic hydroxyl groups excluding tert-OH is 2. The van der Waals surface area contributed by atoms with E-state index in [0.29, 0.717) is 18.2 Å². The van der Waals surface area contributed by atoms with E-state index < -0.39 is 11.7 Å². The van der Waals surface area contributed by atoms with Crippen LogP contribution in [0, 0.1) is 11.8 Å². The molecule has 1 saturated carbocycles. The van der Waals surface area contributed by atoms with Crippen LogP contribution in [0.2, 0.25) is 0 Å². The molecule has 5 nitrogen and oxygen atoms in total. The first kappa shape index (κ1) is 23.3. The normalized spacial score (nSPS) is 21.9. The molecule has 1 aromatic heterocycles. The first-order valence-electron chi connectivity index (χ1n) is 11.6. The van der Waals surface area contributed by atoms with Crippen LogP contribution in [0.25, 0.3) is 11.1 Å². The molecule has 0 saturated heterocycles. The van der Waals surface area contributed by atoms with E-state index in [0.717, 1.165) is 36.0 Å². The van der Waals surface area contributed by atoms with E-state index in [1.807, 2.05) is 23.6 Å². The number of aromatic nitrogens is 2. The van der Waals surface area contributed by atoms with Crippen molar-refractivity contribution < 1.29 is 15.3 Å². The van der Waals surface area contributed by atoms with Gasteiger partial charge in [0.25, 0.3) is 0 Å². The fourth-order valence-corrected chi connectivity index (χ4v) is 4.68. The fourth-order valence-electron chi connectivity index (χ4n) is 4.68. The van der Waals surface area contributed by atoms with Crippen molar-refractivity contribution in [2.24, 2.45) is 0 Å². The minimum absolute atomic E-state index is 0.00408. The largest absolute Gasteiger partial charge is 0.396 e. The Morgan fingerprint density at radius 3 is 2.36 bits per heavy atom. The third-order valence-electron chi connectivity index (χ3n) is 6.51. The maximum Gasteiger partial charge on any atom is 0.138 e. The van der Waals surface area contributed by atoms with Gasteiger partial charge < -0.3 is 19.9 Å². The lowest BCUT2D eigenvalue weighted by Gasteiger charge is -2.16. The Labute approximate surface area is 195 Å². The van der Waals surface area contributed by atoms with Crippen molar-refractivity contribution in [3.8, 4) is 23.0 Å². The highest BCUT2D eigenvalue weighted by Gasteiger charge is 2.33. The summed E-state index contributed by atoms with van der Waals surface area (Å²) < 4.78 is 1.83. The molecule has 0 radical (unpaired) electrons. The Bertz CT molecular complexity index is 1120. The maximum absolute atomic E-state index is 10.2. The zero-order valence-corrected chi connectivity index (χ0v) is 19.3. The molecular weight excluding hydrogens is 412 g/mol. The number of nitrogens with zero attached hydrogens (tertiary/aromatic N) is 2. The van der Waals surface area contributed by atoms with Gasteiger partial charge in [-0.15, -0.1) is 0 Å². The molecule has 3 aromatic rings. The van der Waals surface area contributed by atoms with Crippen LogP contribution in [0.15, 0.2) is 60.9 Å². The zero-order valence-electron chi connectivity index (χ0n) is 19.3. The van der Waals surface area contributed by atoms with Crippen LogP contribution in [-0.2, 0) is 0 Å². The van der Waals surface area contributed by atoms with Crippen LogP contribution in [0.5, 0.6) is 0 Å². The average molecular weight is 445 g/mol. The number of hydrogen-bond donors (Lipinski definition) is 3. The molecule has 0 bridgehead atoms. The second-order valence-corrected chi connectivity index (χ2v) is 9.30. The molecule has 1 aliphatic carbocycles. The summed E-state index contributed by atoms with van der Waals surface area (Å²) in [5.41, 5.74) is 3.94. The third kappa shape index (κ3) is 5.54. The molecule has 33 heavy (non-hydrogen) atoms. The van der Waals surface area contributed by atoms with Crippen molar-refractivity contribution >= 4 is 0 Å². The van der Waals surface area contributed by atoms with Crippen molar-refractivity contribution in [1.29, 1.82) is 0 Å². The van der Waals surface area contributed by atoms with E-state index in [-0.39, 0.29) is 12.6 Å². The Balaban J connectivity index is 1.47. The van der Waals surface area contributed by atoms with E-state index in [2.05, 4.69) is 53.2 Å². The summed E-state index contributed by atoms with van der Waals surface area (Å²) in [6.07, 6.45) is 5.92. The molecular formula is C28H32N2O3. The monoisotopic (exact) mass is 444 g/mol. The smallest absolute Gasteiger partial charge is 0.138 e. The maximum atomic E-state index is 10.2. The summed E-state index contributed by atoms with van der Waals surface area (Å²) in [5.74, 6) is 7.40. The molecule has 4 rings (SSSR count). The van der Waals surface area contributed by atoms with Gasteiger partial charge in [-0.1, -0.05) is 48.2 Å². The van der Waals surface area contributed by atoms with Gasteiger partial charge in [0.1, 0.15) is 11.9 Å². The lowest BCUT2D eigenvalue weighted by molar-refractivity contribution is 0.0665. The summed E-state index contributed by atoms with van der Waals surface area (Å²) in [4.78, 5) is 4.21. The number of hydrogen-bond acceptors (Lipinski definition) is 4. The molecule has 0 aliphatic heterocycles. The Morgan fingerprint density at radius 2 is 1.79 bits per heavy atom. The Hall–Kier alpha value is -2.91. The molecule has 3 N–H and O–H groups in total. The third-order valence-corrected chi connectivity index (χ3v) is 6.51. The van der Waals surface area contributed by atoms with Crippen LogP contribution >= 0.6 is 0 Å². The number of aliphatic hydroxyl groups is 3. The van der Waals surface area contributed by atoms with E-state index in [1.165, 1.54) is 5.56 Å². The van der Waals surface area contributed by atoms with Crippen molar-refractivity contribution in [2.45, 2.75) is 63.2 Å². The lowest BCUT2D eigenvalue weighted by Crippen LogP contribution is -2.18. The summed E-state index contributed by atoms with van der Waals surface area (Å²) in [6, 6.07) is 16.5. The second-order valence-electron chi connectivity index (χ2n) is 9.30. The number of imidazole rings is 1. The average Bonchev–Trinajstić information content (AvgIpc) is 3.44. The first-order chi connectivity index (χ1) is 15.9. The minimum atomic E-state index is -0.699. The van der Waals surface area contributed by atoms with Gasteiger partial charge in [-0.2, -0.15) is 0 Å². The fraction of sp³-hybridized carbons (Fsp3) is 0.393. The van der Waals surface area contributed by atoms with Gasteiger partial charge in [-0.25, -0.2) is 4.98 Å². The van der Waals surface area contributed by atoms with E-state index >= 15 is 0 Å². The van der Waals surface area contributed by atoms with Gasteiger partial charge in [-0.3, -0.25) is 0 Å². The highest BCUT2D eigenvalue weighted by Crippen LogP contribution is 2.40. The number of benzene rings is 2. The molecule has 0 unspecified atom stereocenters. The molecule has 5 heteroatoms. The topological polar surface area (TPSA) is 78.5 Å². The minimum Gasteiger partial charge on any atom is -0.396 e. The number of rotatable bonds is 6. The summed E-state index contributed by atoms with van der Waals surface area (Å²) in [7, 11) is 0. The molecule has 0 spiro atoms. The van der Waals surface area contributed by atoms with Gasteiger partial charge >= 0.3 is 0 Å². The van der Waals surface area contributed by atoms with Crippen LogP contribution in [0.4, 0.5) is 0 Å². The van der Waals surface area contributed by atoms with E-state index in [1.54, 1.807) is 19.3 Å². The lowest BCUT2D eigenvalue weighted by atomic mass is 9.93. The Kier molecular flexibility index (Phi) is 6.99. The Morgan fingerprint density at radius 1 is 1.12 bits per heavy atom. The molecule has 172 valence electrons.